The summed E-state index contributed by atoms with van der Waals surface area (Å²) >= 11 is 0. The second kappa shape index (κ2) is 8.68. The maximum Gasteiger partial charge on any atom is 0.326 e. The molecule has 0 aliphatic carbocycles. The number of carboxylic acids is 1. The first kappa shape index (κ1) is 18.4. The smallest absolute Gasteiger partial charge is 0.326 e. The van der Waals surface area contributed by atoms with Crippen LogP contribution in [0.25, 0.3) is 0 Å². The molecule has 1 N–H and O–H groups in total. The largest absolute Gasteiger partial charge is 0.480 e. The Morgan fingerprint density at radius 3 is 2.55 bits per heavy atom. The maximum atomic E-state index is 12.9. The molecule has 22 heavy (non-hydrogen) atoms. The summed E-state index contributed by atoms with van der Waals surface area (Å²) in [7, 11) is 1.71. The van der Waals surface area contributed by atoms with Gasteiger partial charge in [-0.2, -0.15) is 0 Å². The summed E-state index contributed by atoms with van der Waals surface area (Å²) in [4.78, 5) is 25.5. The Labute approximate surface area is 131 Å². The summed E-state index contributed by atoms with van der Waals surface area (Å²) in [6, 6.07) is -0.620. The van der Waals surface area contributed by atoms with Crippen LogP contribution >= 0.6 is 0 Å². The van der Waals surface area contributed by atoms with E-state index in [0.717, 1.165) is 5.57 Å². The molecule has 1 atom stereocenters. The molecule has 0 saturated carbocycles. The Hall–Kier alpha value is -1.69. The Kier molecular flexibility index (Phi) is 7.24. The number of carboxylic acid groups (broad SMARTS) is 1. The number of nitrogens with zero attached hydrogens (tertiary/aromatic N) is 2. The molecule has 0 amide bonds. The monoisotopic (exact) mass is 312 g/mol. The molecule has 1 rings (SSSR count). The van der Waals surface area contributed by atoms with Gasteiger partial charge in [0.15, 0.2) is 0 Å². The van der Waals surface area contributed by atoms with Crippen LogP contribution in [0.3, 0.4) is 0 Å². The number of alkyl halides is 1. The van der Waals surface area contributed by atoms with E-state index < -0.39 is 18.2 Å². The predicted molar refractivity (Wildman–Crippen MR) is 83.3 cm³/mol. The molecule has 1 heterocycles. The van der Waals surface area contributed by atoms with Crippen LogP contribution in [0.2, 0.25) is 0 Å². The van der Waals surface area contributed by atoms with Gasteiger partial charge in [0.25, 0.3) is 0 Å². The van der Waals surface area contributed by atoms with Gasteiger partial charge >= 0.3 is 5.97 Å². The van der Waals surface area contributed by atoms with Crippen LogP contribution < -0.4 is 0 Å². The van der Waals surface area contributed by atoms with Gasteiger partial charge in [0.1, 0.15) is 18.5 Å². The average Bonchev–Trinajstić information content (AvgIpc) is 2.39. The van der Waals surface area contributed by atoms with E-state index in [1.54, 1.807) is 24.2 Å². The molecule has 1 saturated heterocycles. The minimum Gasteiger partial charge on any atom is -0.480 e. The van der Waals surface area contributed by atoms with Crippen molar-refractivity contribution in [2.45, 2.75) is 32.5 Å². The Balaban J connectivity index is 2.80. The quantitative estimate of drug-likeness (QED) is 0.399. The molecule has 5 nitrogen and oxygen atoms in total. The number of likely N-dealkylation sites (N-methyl/N-ethyl adjacent to an activating group) is 1. The molecule has 1 aliphatic heterocycles. The highest BCUT2D eigenvalue weighted by atomic mass is 19.1. The first-order valence-corrected chi connectivity index (χ1v) is 7.47. The zero-order chi connectivity index (χ0) is 16.7. The van der Waals surface area contributed by atoms with Crippen LogP contribution in [-0.2, 0) is 9.59 Å². The van der Waals surface area contributed by atoms with Crippen molar-refractivity contribution in [3.8, 4) is 0 Å². The predicted octanol–water partition coefficient (Wildman–Crippen LogP) is 1.71. The lowest BCUT2D eigenvalue weighted by Gasteiger charge is -2.35. The van der Waals surface area contributed by atoms with E-state index in [4.69, 9.17) is 0 Å². The Morgan fingerprint density at radius 1 is 1.45 bits per heavy atom. The molecule has 0 radical (unpaired) electrons. The fourth-order valence-electron chi connectivity index (χ4n) is 2.43. The Bertz CT molecular complexity index is 443. The van der Waals surface area contributed by atoms with Gasteiger partial charge in [-0.15, -0.1) is 0 Å². The molecule has 0 aromatic heterocycles. The minimum atomic E-state index is -0.876. The zero-order valence-electron chi connectivity index (χ0n) is 13.4. The van der Waals surface area contributed by atoms with Gasteiger partial charge in [0.05, 0.1) is 0 Å². The molecule has 1 aliphatic rings. The summed E-state index contributed by atoms with van der Waals surface area (Å²) in [6.45, 7) is 5.21. The lowest BCUT2D eigenvalue weighted by molar-refractivity contribution is -0.142. The summed E-state index contributed by atoms with van der Waals surface area (Å²) in [5.41, 5.74) is 0.788. The second-order valence-electron chi connectivity index (χ2n) is 6.14. The summed E-state index contributed by atoms with van der Waals surface area (Å²) in [5.74, 6) is -0.618. The number of aliphatic carboxylic acids is 1. The lowest BCUT2D eigenvalue weighted by Crippen LogP contribution is -2.49. The number of hydrogen-bond acceptors (Lipinski definition) is 4. The standard InChI is InChI=1S/C16H25FN2O3/c1-12(2)7-15(16(21)22)18(3)8-13(5-4-6-20)9-19-10-14(17)11-19/h4-6,8,12,14-15H,7,9-11H2,1-3H3,(H,21,22)/b5-4-,13-8+. The van der Waals surface area contributed by atoms with Gasteiger partial charge in [-0.05, 0) is 24.0 Å². The van der Waals surface area contributed by atoms with Crippen LogP contribution in [0.15, 0.2) is 23.9 Å². The number of likely N-dealkylation sites (tertiary alicyclic amines) is 1. The van der Waals surface area contributed by atoms with Gasteiger partial charge in [-0.1, -0.05) is 19.9 Å². The van der Waals surface area contributed by atoms with Crippen molar-refractivity contribution in [3.63, 3.8) is 0 Å². The normalized spacial score (nSPS) is 18.5. The number of carbonyl (C=O) groups is 2. The van der Waals surface area contributed by atoms with Crippen LogP contribution in [0.4, 0.5) is 4.39 Å². The molecule has 1 fully saturated rings. The summed E-state index contributed by atoms with van der Waals surface area (Å²) < 4.78 is 12.9. The van der Waals surface area contributed by atoms with E-state index in [0.29, 0.717) is 32.3 Å². The van der Waals surface area contributed by atoms with Gasteiger partial charge in [-0.25, -0.2) is 9.18 Å². The van der Waals surface area contributed by atoms with Gasteiger partial charge in [-0.3, -0.25) is 9.69 Å². The SMILES string of the molecule is CC(C)CC(C(=O)O)N(C)/C=C(\C=C/C=O)CN1CC(F)C1. The maximum absolute atomic E-state index is 12.9. The highest BCUT2D eigenvalue weighted by molar-refractivity contribution is 5.73. The average molecular weight is 312 g/mol. The van der Waals surface area contributed by atoms with Crippen molar-refractivity contribution in [2.75, 3.05) is 26.7 Å². The van der Waals surface area contributed by atoms with E-state index >= 15 is 0 Å². The number of allylic oxidation sites excluding steroid dienone is 1. The fraction of sp³-hybridized carbons (Fsp3) is 0.625. The van der Waals surface area contributed by atoms with E-state index in [2.05, 4.69) is 0 Å². The highest BCUT2D eigenvalue weighted by Gasteiger charge is 2.27. The first-order chi connectivity index (χ1) is 10.3. The number of hydrogen-bond donors (Lipinski definition) is 1. The number of halogens is 1. The van der Waals surface area contributed by atoms with Crippen LogP contribution in [0.5, 0.6) is 0 Å². The molecule has 0 aromatic carbocycles. The molecule has 124 valence electrons. The minimum absolute atomic E-state index is 0.258. The molecular formula is C16H25FN2O3. The number of carbonyl (C=O) groups excluding carboxylic acids is 1. The number of rotatable bonds is 9. The van der Waals surface area contributed by atoms with Crippen LogP contribution in [-0.4, -0.2) is 66.1 Å². The van der Waals surface area contributed by atoms with Gasteiger partial charge in [0.2, 0.25) is 0 Å². The van der Waals surface area contributed by atoms with Gasteiger partial charge < -0.3 is 10.0 Å². The molecular weight excluding hydrogens is 287 g/mol. The van der Waals surface area contributed by atoms with E-state index in [-0.39, 0.29) is 5.92 Å². The first-order valence-electron chi connectivity index (χ1n) is 7.47. The molecule has 0 bridgehead atoms. The Morgan fingerprint density at radius 2 is 2.09 bits per heavy atom. The van der Waals surface area contributed by atoms with Crippen molar-refractivity contribution in [1.29, 1.82) is 0 Å². The zero-order valence-corrected chi connectivity index (χ0v) is 13.4. The lowest BCUT2D eigenvalue weighted by atomic mass is 10.0. The van der Waals surface area contributed by atoms with Crippen molar-refractivity contribution >= 4 is 12.3 Å². The van der Waals surface area contributed by atoms with Crippen LogP contribution in [0, 0.1) is 5.92 Å². The van der Waals surface area contributed by atoms with Crippen molar-refractivity contribution < 1.29 is 19.1 Å². The molecule has 6 heteroatoms. The summed E-state index contributed by atoms with van der Waals surface area (Å²) in [6.07, 6.45) is 5.15. The third-order valence-corrected chi connectivity index (χ3v) is 3.55. The highest BCUT2D eigenvalue weighted by Crippen LogP contribution is 2.16. The van der Waals surface area contributed by atoms with E-state index in [1.807, 2.05) is 18.7 Å². The third-order valence-electron chi connectivity index (χ3n) is 3.55. The van der Waals surface area contributed by atoms with Gasteiger partial charge in [0, 0.05) is 32.9 Å². The van der Waals surface area contributed by atoms with E-state index in [9.17, 15) is 19.1 Å². The molecule has 0 aromatic rings. The summed E-state index contributed by atoms with van der Waals surface area (Å²) in [5, 5.41) is 9.35. The van der Waals surface area contributed by atoms with Crippen LogP contribution in [0.1, 0.15) is 20.3 Å². The van der Waals surface area contributed by atoms with Crippen molar-refractivity contribution in [1.82, 2.24) is 9.80 Å². The molecule has 1 unspecified atom stereocenters. The van der Waals surface area contributed by atoms with Crippen molar-refractivity contribution in [3.05, 3.63) is 23.9 Å². The fourth-order valence-corrected chi connectivity index (χ4v) is 2.43. The topological polar surface area (TPSA) is 60.9 Å². The van der Waals surface area contributed by atoms with Crippen molar-refractivity contribution in [2.24, 2.45) is 5.92 Å². The second-order valence-corrected chi connectivity index (χ2v) is 6.14. The van der Waals surface area contributed by atoms with E-state index in [1.165, 1.54) is 6.08 Å². The number of aldehydes is 1. The third kappa shape index (κ3) is 5.97. The molecule has 0 spiro atoms.